The van der Waals surface area contributed by atoms with Gasteiger partial charge in [0.1, 0.15) is 0 Å². The molecule has 0 spiro atoms. The van der Waals surface area contributed by atoms with Crippen LogP contribution in [-0.4, -0.2) is 15.0 Å². The van der Waals surface area contributed by atoms with Crippen molar-refractivity contribution < 1.29 is 0 Å². The van der Waals surface area contributed by atoms with E-state index in [1.165, 1.54) is 38.5 Å². The van der Waals surface area contributed by atoms with Crippen molar-refractivity contribution in [1.29, 1.82) is 0 Å². The molecule has 4 atom stereocenters. The van der Waals surface area contributed by atoms with E-state index in [2.05, 4.69) is 133 Å². The lowest BCUT2D eigenvalue weighted by molar-refractivity contribution is -0.220. The Balaban J connectivity index is 1.05. The van der Waals surface area contributed by atoms with Crippen molar-refractivity contribution in [2.75, 3.05) is 0 Å². The summed E-state index contributed by atoms with van der Waals surface area (Å²) in [5.74, 6) is 8.82. The van der Waals surface area contributed by atoms with E-state index < -0.39 is 0 Å². The van der Waals surface area contributed by atoms with E-state index in [0.29, 0.717) is 17.1 Å². The molecular formula is C47H41N3. The molecule has 13 rings (SSSR count). The minimum absolute atomic E-state index is 0.390. The lowest BCUT2D eigenvalue weighted by Crippen LogP contribution is -2.69. The lowest BCUT2D eigenvalue weighted by Gasteiger charge is -2.74. The highest BCUT2D eigenvalue weighted by atomic mass is 15.0. The zero-order valence-corrected chi connectivity index (χ0v) is 28.3. The normalized spacial score (nSPS) is 29.8. The number of hydrogen-bond donors (Lipinski definition) is 0. The lowest BCUT2D eigenvalue weighted by atomic mass is 9.30. The predicted molar refractivity (Wildman–Crippen MR) is 201 cm³/mol. The summed E-state index contributed by atoms with van der Waals surface area (Å²) < 4.78 is 0. The summed E-state index contributed by atoms with van der Waals surface area (Å²) >= 11 is 0. The molecule has 7 aliphatic rings. The van der Waals surface area contributed by atoms with Gasteiger partial charge in [0.15, 0.2) is 17.5 Å². The summed E-state index contributed by atoms with van der Waals surface area (Å²) in [4.78, 5) is 15.8. The Hall–Kier alpha value is -4.89. The quantitative estimate of drug-likeness (QED) is 0.181. The molecule has 7 fully saturated rings. The smallest absolute Gasteiger partial charge is 0.164 e. The van der Waals surface area contributed by atoms with Gasteiger partial charge < -0.3 is 0 Å². The number of benzene rings is 5. The van der Waals surface area contributed by atoms with Crippen LogP contribution in [0.25, 0.3) is 56.4 Å². The Labute approximate surface area is 294 Å². The Kier molecular flexibility index (Phi) is 6.39. The highest BCUT2D eigenvalue weighted by molar-refractivity contribution is 5.84. The number of aromatic nitrogens is 3. The van der Waals surface area contributed by atoms with Gasteiger partial charge in [-0.3, -0.25) is 0 Å². The number of hydrogen-bond acceptors (Lipinski definition) is 3. The van der Waals surface area contributed by atoms with Gasteiger partial charge >= 0.3 is 0 Å². The summed E-state index contributed by atoms with van der Waals surface area (Å²) in [6.45, 7) is 0. The fourth-order valence-corrected chi connectivity index (χ4v) is 12.3. The summed E-state index contributed by atoms with van der Waals surface area (Å²) in [6.07, 6.45) is 8.92. The van der Waals surface area contributed by atoms with Gasteiger partial charge in [-0.05, 0) is 108 Å². The van der Waals surface area contributed by atoms with Gasteiger partial charge in [-0.1, -0.05) is 133 Å². The van der Waals surface area contributed by atoms with Crippen LogP contribution >= 0.6 is 0 Å². The summed E-state index contributed by atoms with van der Waals surface area (Å²) in [7, 11) is 0. The van der Waals surface area contributed by atoms with Crippen LogP contribution < -0.4 is 0 Å². The van der Waals surface area contributed by atoms with Gasteiger partial charge in [0.25, 0.3) is 0 Å². The highest BCUT2D eigenvalue weighted by Crippen LogP contribution is 2.76. The van der Waals surface area contributed by atoms with E-state index in [1.807, 2.05) is 0 Å². The molecule has 0 N–H and O–H groups in total. The molecule has 4 unspecified atom stereocenters. The van der Waals surface area contributed by atoms with Crippen LogP contribution in [0.2, 0.25) is 0 Å². The second-order valence-corrected chi connectivity index (χ2v) is 16.1. The molecule has 244 valence electrons. The predicted octanol–water partition coefficient (Wildman–Crippen LogP) is 11.2. The Bertz CT molecular complexity index is 2100. The molecule has 0 amide bonds. The maximum Gasteiger partial charge on any atom is 0.164 e. The number of rotatable bonds is 6. The molecule has 8 bridgehead atoms. The van der Waals surface area contributed by atoms with Crippen molar-refractivity contribution in [1.82, 2.24) is 15.0 Å². The second-order valence-electron chi connectivity index (χ2n) is 16.1. The van der Waals surface area contributed by atoms with Crippen molar-refractivity contribution in [3.63, 3.8) is 0 Å². The van der Waals surface area contributed by atoms with Crippen LogP contribution in [0.3, 0.4) is 0 Å². The molecule has 0 aliphatic heterocycles. The molecule has 50 heavy (non-hydrogen) atoms. The summed E-state index contributed by atoms with van der Waals surface area (Å²) in [6, 6.07) is 47.8. The molecule has 0 radical (unpaired) electrons. The fourth-order valence-electron chi connectivity index (χ4n) is 12.3. The maximum atomic E-state index is 5.26. The van der Waals surface area contributed by atoms with Gasteiger partial charge in [-0.2, -0.15) is 0 Å². The minimum Gasteiger partial charge on any atom is -0.208 e. The van der Waals surface area contributed by atoms with Crippen LogP contribution in [0.5, 0.6) is 0 Å². The van der Waals surface area contributed by atoms with E-state index in [4.69, 9.17) is 15.0 Å². The summed E-state index contributed by atoms with van der Waals surface area (Å²) in [5, 5.41) is 0. The zero-order valence-electron chi connectivity index (χ0n) is 28.3. The first-order valence-corrected chi connectivity index (χ1v) is 18.9. The molecule has 7 aliphatic carbocycles. The van der Waals surface area contributed by atoms with E-state index in [1.54, 1.807) is 5.56 Å². The second kappa shape index (κ2) is 11.1. The van der Waals surface area contributed by atoms with E-state index in [0.717, 1.165) is 86.2 Å². The first-order chi connectivity index (χ1) is 24.7. The largest absolute Gasteiger partial charge is 0.208 e. The van der Waals surface area contributed by atoms with Gasteiger partial charge in [0.2, 0.25) is 0 Å². The van der Waals surface area contributed by atoms with Crippen molar-refractivity contribution >= 4 is 0 Å². The topological polar surface area (TPSA) is 38.7 Å². The van der Waals surface area contributed by atoms with E-state index in [9.17, 15) is 0 Å². The van der Waals surface area contributed by atoms with Crippen LogP contribution in [0.1, 0.15) is 44.1 Å². The minimum atomic E-state index is 0.390. The van der Waals surface area contributed by atoms with Crippen molar-refractivity contribution in [3.05, 3.63) is 139 Å². The van der Waals surface area contributed by atoms with Crippen molar-refractivity contribution in [2.45, 2.75) is 43.9 Å². The van der Waals surface area contributed by atoms with Gasteiger partial charge in [0.05, 0.1) is 0 Å². The molecule has 6 aromatic rings. The van der Waals surface area contributed by atoms with E-state index >= 15 is 0 Å². The van der Waals surface area contributed by atoms with Gasteiger partial charge in [-0.15, -0.1) is 0 Å². The van der Waals surface area contributed by atoms with Crippen LogP contribution in [0.15, 0.2) is 133 Å². The van der Waals surface area contributed by atoms with Crippen LogP contribution in [0, 0.1) is 41.4 Å². The van der Waals surface area contributed by atoms with Crippen LogP contribution in [-0.2, 0) is 5.41 Å². The van der Waals surface area contributed by atoms with Crippen molar-refractivity contribution in [2.24, 2.45) is 41.4 Å². The maximum absolute atomic E-state index is 5.26. The molecule has 1 heterocycles. The molecular weight excluding hydrogens is 607 g/mol. The molecule has 3 heteroatoms. The van der Waals surface area contributed by atoms with Gasteiger partial charge in [0, 0.05) is 22.1 Å². The highest BCUT2D eigenvalue weighted by Gasteiger charge is 2.70. The Morgan fingerprint density at radius 2 is 0.840 bits per heavy atom. The summed E-state index contributed by atoms with van der Waals surface area (Å²) in [5.41, 5.74) is 9.62. The SMILES string of the molecule is c1ccc(-c2ccccc2-c2nc(-c3ccc(C45CC6CC7C8CC(CC74)CC5C8C6)cc3)nc(-c3ccccc3-c3ccccc3)n2)cc1. The Morgan fingerprint density at radius 3 is 1.38 bits per heavy atom. The van der Waals surface area contributed by atoms with Gasteiger partial charge in [-0.25, -0.2) is 15.0 Å². The molecule has 0 saturated heterocycles. The molecule has 3 nitrogen and oxygen atoms in total. The third-order valence-corrected chi connectivity index (χ3v) is 13.9. The molecule has 7 saturated carbocycles. The molecule has 5 aromatic carbocycles. The third-order valence-electron chi connectivity index (χ3n) is 13.9. The zero-order chi connectivity index (χ0) is 32.8. The average Bonchev–Trinajstić information content (AvgIpc) is 3.20. The van der Waals surface area contributed by atoms with Crippen LogP contribution in [0.4, 0.5) is 0 Å². The van der Waals surface area contributed by atoms with Crippen molar-refractivity contribution in [3.8, 4) is 56.4 Å². The average molecular weight is 648 g/mol. The third kappa shape index (κ3) is 4.25. The monoisotopic (exact) mass is 647 g/mol. The first-order valence-electron chi connectivity index (χ1n) is 18.9. The fraction of sp³-hybridized carbons (Fsp3) is 0.298. The Morgan fingerprint density at radius 1 is 0.380 bits per heavy atom. The van der Waals surface area contributed by atoms with E-state index in [-0.39, 0.29) is 0 Å². The first kappa shape index (κ1) is 28.9. The standard InChI is InChI=1S/C47H41N3/c1-3-11-31(12-4-1)35-15-7-9-17-37(35)45-48-44(49-46(50-45)38-18-10-8-16-36(38)32-13-5-2-6-14-32)33-19-21-34(22-20-33)47-28-30-24-40-39-23-29(26-42(40)47)27-43(47)41(39)25-30/h1-22,29-30,39-43H,23-28H2. The number of nitrogens with zero attached hydrogens (tertiary/aromatic N) is 3. The molecule has 1 aromatic heterocycles.